The van der Waals surface area contributed by atoms with Crippen LogP contribution < -0.4 is 34.7 Å². The predicted octanol–water partition coefficient (Wildman–Crippen LogP) is -5.31. The fraction of sp³-hybridized carbons (Fsp3) is 0.500. The summed E-state index contributed by atoms with van der Waals surface area (Å²) in [5.41, 5.74) is 0. The van der Waals surface area contributed by atoms with E-state index in [1.807, 2.05) is 0 Å². The quantitative estimate of drug-likeness (QED) is 0.160. The Labute approximate surface area is 109 Å². The first kappa shape index (κ1) is 17.0. The van der Waals surface area contributed by atoms with E-state index in [0.717, 1.165) is 6.08 Å². The van der Waals surface area contributed by atoms with Crippen molar-refractivity contribution in [3.05, 3.63) is 11.8 Å². The molecule has 0 amide bonds. The van der Waals surface area contributed by atoms with Crippen molar-refractivity contribution in [2.24, 2.45) is 0 Å². The minimum absolute atomic E-state index is 0. The standard InChI is InChI=1S/C8H12O6.Na/c1-5(10)14-4-6(11)2-7(12)8(13)3-9;/h2-3,7-8,11-13H,4H2,1H3;/q;+1/b6-2-;. The molecule has 0 aromatic rings. The summed E-state index contributed by atoms with van der Waals surface area (Å²) < 4.78 is 4.43. The zero-order valence-electron chi connectivity index (χ0n) is 8.58. The van der Waals surface area contributed by atoms with Crippen molar-refractivity contribution in [2.45, 2.75) is 19.1 Å². The molecule has 0 aliphatic heterocycles. The van der Waals surface area contributed by atoms with Gasteiger partial charge in [0.25, 0.3) is 0 Å². The van der Waals surface area contributed by atoms with Gasteiger partial charge in [-0.15, -0.1) is 0 Å². The normalized spacial score (nSPS) is 14.7. The van der Waals surface area contributed by atoms with E-state index in [0.29, 0.717) is 0 Å². The predicted molar refractivity (Wildman–Crippen MR) is 44.7 cm³/mol. The monoisotopic (exact) mass is 227 g/mol. The number of esters is 1. The molecule has 15 heavy (non-hydrogen) atoms. The van der Waals surface area contributed by atoms with E-state index < -0.39 is 24.6 Å². The fourth-order valence-electron chi connectivity index (χ4n) is 0.593. The SMILES string of the molecule is CC(=[OH+])OC/C([O-])=C/C(O)C(O)C=O.[Na+]. The van der Waals surface area contributed by atoms with Gasteiger partial charge in [0.05, 0.1) is 6.92 Å². The third-order valence-corrected chi connectivity index (χ3v) is 1.27. The van der Waals surface area contributed by atoms with E-state index in [2.05, 4.69) is 4.74 Å². The van der Waals surface area contributed by atoms with Crippen molar-refractivity contribution in [3.8, 4) is 0 Å². The van der Waals surface area contributed by atoms with Crippen molar-refractivity contribution >= 4 is 12.3 Å². The maximum atomic E-state index is 10.9. The average molecular weight is 227 g/mol. The maximum Gasteiger partial charge on any atom is 1.00 e. The van der Waals surface area contributed by atoms with Gasteiger partial charge < -0.3 is 29.6 Å². The second kappa shape index (κ2) is 8.87. The van der Waals surface area contributed by atoms with Crippen LogP contribution in [-0.4, -0.2) is 46.1 Å². The molecule has 0 aromatic carbocycles. The minimum atomic E-state index is -1.63. The van der Waals surface area contributed by atoms with Crippen molar-refractivity contribution in [3.63, 3.8) is 0 Å². The smallest absolute Gasteiger partial charge is 0.871 e. The molecule has 0 aliphatic rings. The first-order chi connectivity index (χ1) is 6.47. The molecule has 0 saturated carbocycles. The van der Waals surface area contributed by atoms with Crippen LogP contribution in [0.25, 0.3) is 0 Å². The average Bonchev–Trinajstić information content (AvgIpc) is 2.13. The first-order valence-electron chi connectivity index (χ1n) is 3.81. The number of carbonyl (C=O) groups excluding carboxylic acids is 2. The molecule has 7 heteroatoms. The molecule has 0 spiro atoms. The van der Waals surface area contributed by atoms with Crippen LogP contribution in [0.2, 0.25) is 0 Å². The van der Waals surface area contributed by atoms with Crippen LogP contribution in [0.15, 0.2) is 11.8 Å². The molecule has 0 radical (unpaired) electrons. The molecule has 0 aromatic heterocycles. The van der Waals surface area contributed by atoms with Crippen LogP contribution in [-0.2, 0) is 9.53 Å². The molecule has 2 atom stereocenters. The Morgan fingerprint density at radius 2 is 2.07 bits per heavy atom. The Kier molecular flexibility index (Phi) is 10.1. The summed E-state index contributed by atoms with van der Waals surface area (Å²) in [5, 5.41) is 28.6. The Hall–Kier alpha value is -0.400. The molecule has 0 heterocycles. The van der Waals surface area contributed by atoms with Crippen LogP contribution in [0.3, 0.4) is 0 Å². The van der Waals surface area contributed by atoms with Gasteiger partial charge in [0.1, 0.15) is 12.2 Å². The molecule has 6 nitrogen and oxygen atoms in total. The number of rotatable bonds is 5. The summed E-state index contributed by atoms with van der Waals surface area (Å²) in [6, 6.07) is 0. The molecule has 0 rings (SSSR count). The van der Waals surface area contributed by atoms with E-state index in [1.54, 1.807) is 0 Å². The van der Waals surface area contributed by atoms with E-state index in [1.165, 1.54) is 6.92 Å². The zero-order valence-corrected chi connectivity index (χ0v) is 10.6. The van der Waals surface area contributed by atoms with Gasteiger partial charge in [-0.1, -0.05) is 11.8 Å². The molecule has 0 aliphatic carbocycles. The van der Waals surface area contributed by atoms with Crippen LogP contribution in [0.5, 0.6) is 0 Å². The number of aliphatic hydroxyl groups excluding tert-OH is 2. The number of aliphatic hydroxyl groups is 2. The van der Waals surface area contributed by atoms with E-state index in [9.17, 15) is 9.90 Å². The topological polar surface area (TPSA) is 111 Å². The molecular formula is C8H12NaO6+. The number of hydrogen-bond donors (Lipinski definition) is 2. The number of hydrogen-bond acceptors (Lipinski definition) is 5. The summed E-state index contributed by atoms with van der Waals surface area (Å²) >= 11 is 0. The van der Waals surface area contributed by atoms with Gasteiger partial charge in [0.15, 0.2) is 12.9 Å². The molecule has 3 N–H and O–H groups in total. The minimum Gasteiger partial charge on any atom is -0.871 e. The first-order valence-corrected chi connectivity index (χ1v) is 3.81. The van der Waals surface area contributed by atoms with Gasteiger partial charge in [-0.25, -0.2) is 0 Å². The summed E-state index contributed by atoms with van der Waals surface area (Å²) in [6.45, 7) is 0.787. The van der Waals surface area contributed by atoms with Gasteiger partial charge in [-0.05, 0) is 0 Å². The molecular weight excluding hydrogens is 215 g/mol. The maximum absolute atomic E-state index is 10.9. The van der Waals surface area contributed by atoms with Gasteiger partial charge in [0.2, 0.25) is 0 Å². The number of ether oxygens (including phenoxy) is 1. The van der Waals surface area contributed by atoms with Crippen LogP contribution in [0.4, 0.5) is 0 Å². The van der Waals surface area contributed by atoms with Gasteiger partial charge in [-0.3, -0.25) is 0 Å². The van der Waals surface area contributed by atoms with E-state index >= 15 is 0 Å². The Morgan fingerprint density at radius 1 is 1.53 bits per heavy atom. The summed E-state index contributed by atoms with van der Waals surface area (Å²) in [4.78, 5) is 18.5. The molecule has 2 unspecified atom stereocenters. The Bertz CT molecular complexity index is 239. The van der Waals surface area contributed by atoms with Crippen LogP contribution in [0.1, 0.15) is 6.92 Å². The molecule has 0 fully saturated rings. The largest absolute Gasteiger partial charge is 1.00 e. The molecule has 80 valence electrons. The van der Waals surface area contributed by atoms with Gasteiger partial charge >= 0.3 is 35.5 Å². The second-order valence-electron chi connectivity index (χ2n) is 2.56. The van der Waals surface area contributed by atoms with Gasteiger partial charge in [-0.2, -0.15) is 0 Å². The van der Waals surface area contributed by atoms with Crippen molar-refractivity contribution in [2.75, 3.05) is 6.61 Å². The second-order valence-corrected chi connectivity index (χ2v) is 2.56. The summed E-state index contributed by atoms with van der Waals surface area (Å²) in [5.74, 6) is -1.02. The molecule has 0 bridgehead atoms. The number of carbonyl (C=O) groups is 1. The Morgan fingerprint density at radius 3 is 2.47 bits per heavy atom. The van der Waals surface area contributed by atoms with E-state index in [4.69, 9.17) is 15.0 Å². The third kappa shape index (κ3) is 8.59. The van der Waals surface area contributed by atoms with Gasteiger partial charge in [0, 0.05) is 0 Å². The summed E-state index contributed by atoms with van der Waals surface area (Å²) in [7, 11) is 0. The van der Waals surface area contributed by atoms with Crippen LogP contribution in [0, 0.1) is 0 Å². The molecule has 0 saturated heterocycles. The van der Waals surface area contributed by atoms with E-state index in [-0.39, 0.29) is 41.8 Å². The van der Waals surface area contributed by atoms with Crippen LogP contribution >= 0.6 is 0 Å². The summed E-state index contributed by atoms with van der Waals surface area (Å²) in [6.07, 6.45) is -2.33. The fourth-order valence-corrected chi connectivity index (χ4v) is 0.593. The zero-order chi connectivity index (χ0) is 11.1. The Balaban J connectivity index is 0. The third-order valence-electron chi connectivity index (χ3n) is 1.27. The number of aldehydes is 1. The van der Waals surface area contributed by atoms with Crippen molar-refractivity contribution in [1.82, 2.24) is 0 Å². The van der Waals surface area contributed by atoms with Crippen molar-refractivity contribution < 1.29 is 59.2 Å². The van der Waals surface area contributed by atoms with Crippen molar-refractivity contribution in [1.29, 1.82) is 0 Å².